The Bertz CT molecular complexity index is 808. The fraction of sp³-hybridized carbons (Fsp3) is 0.333. The predicted octanol–water partition coefficient (Wildman–Crippen LogP) is 4.01. The van der Waals surface area contributed by atoms with Crippen molar-refractivity contribution in [3.05, 3.63) is 53.8 Å². The Morgan fingerprint density at radius 2 is 1.75 bits per heavy atom. The number of nitrogens with one attached hydrogen (secondary N) is 2. The maximum atomic E-state index is 13.1. The van der Waals surface area contributed by atoms with Gasteiger partial charge in [-0.05, 0) is 55.6 Å². The van der Waals surface area contributed by atoms with E-state index < -0.39 is 0 Å². The summed E-state index contributed by atoms with van der Waals surface area (Å²) in [6, 6.07) is 11.3. The summed E-state index contributed by atoms with van der Waals surface area (Å²) >= 11 is 1.39. The van der Waals surface area contributed by atoms with Gasteiger partial charge in [0, 0.05) is 35.4 Å². The molecule has 150 valence electrons. The van der Waals surface area contributed by atoms with Gasteiger partial charge in [-0.15, -0.1) is 0 Å². The van der Waals surface area contributed by atoms with Gasteiger partial charge in [0.25, 0.3) is 5.91 Å². The molecule has 5 nitrogen and oxygen atoms in total. The maximum Gasteiger partial charge on any atom is 0.251 e. The Morgan fingerprint density at radius 1 is 1.07 bits per heavy atom. The third kappa shape index (κ3) is 6.65. The number of anilines is 1. The van der Waals surface area contributed by atoms with Gasteiger partial charge in [0.1, 0.15) is 5.82 Å². The molecule has 0 unspecified atom stereocenters. The first-order valence-corrected chi connectivity index (χ1v) is 10.1. The largest absolute Gasteiger partial charge is 0.351 e. The molecule has 2 aromatic carbocycles. The molecule has 0 fully saturated rings. The molecule has 2 rings (SSSR count). The number of carbonyl (C=O) groups excluding carboxylic acids is 2. The highest BCUT2D eigenvalue weighted by atomic mass is 32.2. The van der Waals surface area contributed by atoms with Crippen LogP contribution in [-0.4, -0.2) is 42.9 Å². The number of likely N-dealkylation sites (N-methyl/N-ethyl adjacent to an activating group) is 1. The Labute approximate surface area is 169 Å². The van der Waals surface area contributed by atoms with Crippen molar-refractivity contribution >= 4 is 29.3 Å². The Hall–Kier alpha value is -2.38. The van der Waals surface area contributed by atoms with Gasteiger partial charge >= 0.3 is 0 Å². The van der Waals surface area contributed by atoms with Crippen LogP contribution in [0, 0.1) is 5.82 Å². The van der Waals surface area contributed by atoms with Gasteiger partial charge < -0.3 is 15.5 Å². The molecule has 0 bridgehead atoms. The van der Waals surface area contributed by atoms with Crippen molar-refractivity contribution in [3.63, 3.8) is 0 Å². The van der Waals surface area contributed by atoms with Crippen molar-refractivity contribution in [1.82, 2.24) is 10.2 Å². The molecular formula is C21H26FN3O2S. The molecule has 28 heavy (non-hydrogen) atoms. The lowest BCUT2D eigenvalue weighted by Gasteiger charge is -2.18. The maximum absolute atomic E-state index is 13.1. The highest BCUT2D eigenvalue weighted by Crippen LogP contribution is 2.34. The lowest BCUT2D eigenvalue weighted by molar-refractivity contribution is -0.114. The van der Waals surface area contributed by atoms with E-state index in [1.807, 2.05) is 0 Å². The number of amides is 2. The smallest absolute Gasteiger partial charge is 0.251 e. The SMILES string of the molecule is CCN(CC)CCNC(=O)c1ccc(Sc2ccc(F)cc2)c(NC(C)=O)c1. The van der Waals surface area contributed by atoms with Crippen molar-refractivity contribution in [2.24, 2.45) is 0 Å². The van der Waals surface area contributed by atoms with Gasteiger partial charge in [0.05, 0.1) is 5.69 Å². The lowest BCUT2D eigenvalue weighted by atomic mass is 10.2. The molecule has 2 N–H and O–H groups in total. The first-order valence-electron chi connectivity index (χ1n) is 9.28. The summed E-state index contributed by atoms with van der Waals surface area (Å²) in [6.45, 7) is 8.81. The van der Waals surface area contributed by atoms with Gasteiger partial charge in [-0.3, -0.25) is 9.59 Å². The van der Waals surface area contributed by atoms with Gasteiger partial charge in [0.15, 0.2) is 0 Å². The van der Waals surface area contributed by atoms with E-state index in [0.29, 0.717) is 17.8 Å². The van der Waals surface area contributed by atoms with Crippen LogP contribution in [0.4, 0.5) is 10.1 Å². The van der Waals surface area contributed by atoms with Crippen LogP contribution in [-0.2, 0) is 4.79 Å². The minimum Gasteiger partial charge on any atom is -0.351 e. The van der Waals surface area contributed by atoms with Crippen LogP contribution >= 0.6 is 11.8 Å². The van der Waals surface area contributed by atoms with Gasteiger partial charge in [-0.1, -0.05) is 25.6 Å². The van der Waals surface area contributed by atoms with Gasteiger partial charge in [0.2, 0.25) is 5.91 Å². The van der Waals surface area contributed by atoms with Crippen molar-refractivity contribution in [3.8, 4) is 0 Å². The molecule has 7 heteroatoms. The lowest BCUT2D eigenvalue weighted by Crippen LogP contribution is -2.34. The molecule has 0 atom stereocenters. The van der Waals surface area contributed by atoms with Gasteiger partial charge in [-0.2, -0.15) is 0 Å². The van der Waals surface area contributed by atoms with E-state index in [1.165, 1.54) is 30.8 Å². The number of carbonyl (C=O) groups is 2. The van der Waals surface area contributed by atoms with Crippen LogP contribution in [0.5, 0.6) is 0 Å². The molecule has 0 aliphatic carbocycles. The quantitative estimate of drug-likeness (QED) is 0.664. The number of hydrogen-bond donors (Lipinski definition) is 2. The summed E-state index contributed by atoms with van der Waals surface area (Å²) in [4.78, 5) is 27.9. The monoisotopic (exact) mass is 403 g/mol. The average Bonchev–Trinajstić information content (AvgIpc) is 2.67. The van der Waals surface area contributed by atoms with Crippen LogP contribution < -0.4 is 10.6 Å². The predicted molar refractivity (Wildman–Crippen MR) is 111 cm³/mol. The van der Waals surface area contributed by atoms with Crippen molar-refractivity contribution in [2.75, 3.05) is 31.5 Å². The molecule has 2 aromatic rings. The van der Waals surface area contributed by atoms with Crippen molar-refractivity contribution < 1.29 is 14.0 Å². The minimum absolute atomic E-state index is 0.183. The fourth-order valence-electron chi connectivity index (χ4n) is 2.65. The zero-order valence-electron chi connectivity index (χ0n) is 16.4. The highest BCUT2D eigenvalue weighted by molar-refractivity contribution is 7.99. The van der Waals surface area contributed by atoms with Crippen LogP contribution in [0.25, 0.3) is 0 Å². The first-order chi connectivity index (χ1) is 13.4. The molecular weight excluding hydrogens is 377 g/mol. The second-order valence-corrected chi connectivity index (χ2v) is 7.35. The molecule has 0 aliphatic rings. The van der Waals surface area contributed by atoms with E-state index >= 15 is 0 Å². The third-order valence-corrected chi connectivity index (χ3v) is 5.29. The number of halogens is 1. The standard InChI is InChI=1S/C21H26FN3O2S/c1-4-25(5-2)13-12-23-21(27)16-6-11-20(19(14-16)24-15(3)26)28-18-9-7-17(22)8-10-18/h6-11,14H,4-5,12-13H2,1-3H3,(H,23,27)(H,24,26). The molecule has 0 spiro atoms. The van der Waals surface area contributed by atoms with E-state index in [2.05, 4.69) is 29.4 Å². The normalized spacial score (nSPS) is 10.8. The minimum atomic E-state index is -0.303. The molecule has 0 heterocycles. The summed E-state index contributed by atoms with van der Waals surface area (Å²) < 4.78 is 13.1. The first kappa shape index (κ1) is 21.9. The van der Waals surface area contributed by atoms with Crippen LogP contribution in [0.3, 0.4) is 0 Å². The zero-order chi connectivity index (χ0) is 20.5. The molecule has 0 saturated heterocycles. The van der Waals surface area contributed by atoms with E-state index in [9.17, 15) is 14.0 Å². The van der Waals surface area contributed by atoms with E-state index in [1.54, 1.807) is 30.3 Å². The van der Waals surface area contributed by atoms with E-state index in [0.717, 1.165) is 29.4 Å². The summed E-state index contributed by atoms with van der Waals surface area (Å²) in [7, 11) is 0. The van der Waals surface area contributed by atoms with Crippen molar-refractivity contribution in [1.29, 1.82) is 0 Å². The number of benzene rings is 2. The zero-order valence-corrected chi connectivity index (χ0v) is 17.2. The molecule has 0 saturated carbocycles. The second-order valence-electron chi connectivity index (χ2n) is 6.23. The number of rotatable bonds is 9. The van der Waals surface area contributed by atoms with E-state index in [4.69, 9.17) is 0 Å². The van der Waals surface area contributed by atoms with E-state index in [-0.39, 0.29) is 17.6 Å². The molecule has 0 aromatic heterocycles. The van der Waals surface area contributed by atoms with Crippen LogP contribution in [0.15, 0.2) is 52.3 Å². The number of nitrogens with zero attached hydrogens (tertiary/aromatic N) is 1. The molecule has 2 amide bonds. The van der Waals surface area contributed by atoms with Crippen molar-refractivity contribution in [2.45, 2.75) is 30.6 Å². The summed E-state index contributed by atoms with van der Waals surface area (Å²) in [5.74, 6) is -0.708. The Morgan fingerprint density at radius 3 is 2.36 bits per heavy atom. The Balaban J connectivity index is 2.12. The van der Waals surface area contributed by atoms with Crippen LogP contribution in [0.2, 0.25) is 0 Å². The van der Waals surface area contributed by atoms with Gasteiger partial charge in [-0.25, -0.2) is 4.39 Å². The summed E-state index contributed by atoms with van der Waals surface area (Å²) in [6.07, 6.45) is 0. The second kappa shape index (κ2) is 10.8. The third-order valence-electron chi connectivity index (χ3n) is 4.20. The topological polar surface area (TPSA) is 61.4 Å². The highest BCUT2D eigenvalue weighted by Gasteiger charge is 2.12. The molecule has 0 radical (unpaired) electrons. The Kier molecular flexibility index (Phi) is 8.47. The molecule has 0 aliphatic heterocycles. The van der Waals surface area contributed by atoms with Crippen LogP contribution in [0.1, 0.15) is 31.1 Å². The summed E-state index contributed by atoms with van der Waals surface area (Å²) in [5.41, 5.74) is 1.03. The summed E-state index contributed by atoms with van der Waals surface area (Å²) in [5, 5.41) is 5.68. The number of hydrogen-bond acceptors (Lipinski definition) is 4. The average molecular weight is 404 g/mol. The fourth-order valence-corrected chi connectivity index (χ4v) is 3.53.